The van der Waals surface area contributed by atoms with E-state index in [2.05, 4.69) is 93.5 Å². The molecule has 1 atom stereocenters. The molecular weight excluding hydrogens is 366 g/mol. The number of hydrogen-bond acceptors (Lipinski definition) is 1. The van der Waals surface area contributed by atoms with E-state index in [0.717, 1.165) is 15.5 Å². The lowest BCUT2D eigenvalue weighted by Crippen LogP contribution is -2.19. The summed E-state index contributed by atoms with van der Waals surface area (Å²) in [6, 6.07) is 15.1. The number of nitrogens with one attached hydrogen (secondary N) is 1. The molecular formula is C16H17Br2N. The van der Waals surface area contributed by atoms with E-state index in [0.29, 0.717) is 6.04 Å². The predicted molar refractivity (Wildman–Crippen MR) is 88.3 cm³/mol. The first-order valence-corrected chi connectivity index (χ1v) is 7.89. The van der Waals surface area contributed by atoms with Crippen molar-refractivity contribution in [2.75, 3.05) is 0 Å². The summed E-state index contributed by atoms with van der Waals surface area (Å²) in [4.78, 5) is 0. The van der Waals surface area contributed by atoms with Gasteiger partial charge in [-0.2, -0.15) is 0 Å². The summed E-state index contributed by atoms with van der Waals surface area (Å²) < 4.78 is 2.22. The fourth-order valence-electron chi connectivity index (χ4n) is 2.03. The van der Waals surface area contributed by atoms with Crippen LogP contribution in [0.3, 0.4) is 0 Å². The fourth-order valence-corrected chi connectivity index (χ4v) is 3.42. The van der Waals surface area contributed by atoms with Crippen LogP contribution < -0.4 is 5.32 Å². The van der Waals surface area contributed by atoms with Gasteiger partial charge in [-0.15, -0.1) is 0 Å². The Kier molecular flexibility index (Phi) is 5.20. The third kappa shape index (κ3) is 3.91. The van der Waals surface area contributed by atoms with Crippen molar-refractivity contribution in [2.45, 2.75) is 26.4 Å². The SMILES string of the molecule is Cc1ccccc1CNC(C)c1ccc(Br)cc1Br. The van der Waals surface area contributed by atoms with Gasteiger partial charge >= 0.3 is 0 Å². The minimum Gasteiger partial charge on any atom is -0.306 e. The summed E-state index contributed by atoms with van der Waals surface area (Å²) in [5.74, 6) is 0. The van der Waals surface area contributed by atoms with Gasteiger partial charge < -0.3 is 5.32 Å². The van der Waals surface area contributed by atoms with E-state index < -0.39 is 0 Å². The molecule has 2 aromatic rings. The van der Waals surface area contributed by atoms with E-state index in [1.807, 2.05) is 0 Å². The maximum atomic E-state index is 3.62. The van der Waals surface area contributed by atoms with Crippen molar-refractivity contribution in [3.63, 3.8) is 0 Å². The van der Waals surface area contributed by atoms with Gasteiger partial charge in [-0.1, -0.05) is 62.2 Å². The van der Waals surface area contributed by atoms with Crippen LogP contribution in [-0.2, 0) is 6.54 Å². The average Bonchev–Trinajstić information content (AvgIpc) is 2.37. The Morgan fingerprint density at radius 1 is 1.11 bits per heavy atom. The van der Waals surface area contributed by atoms with Crippen molar-refractivity contribution in [3.8, 4) is 0 Å². The Bertz CT molecular complexity index is 566. The number of hydrogen-bond donors (Lipinski definition) is 1. The van der Waals surface area contributed by atoms with Crippen molar-refractivity contribution < 1.29 is 0 Å². The van der Waals surface area contributed by atoms with Gasteiger partial charge in [0.1, 0.15) is 0 Å². The van der Waals surface area contributed by atoms with E-state index in [9.17, 15) is 0 Å². The van der Waals surface area contributed by atoms with Crippen LogP contribution in [0.1, 0.15) is 29.7 Å². The van der Waals surface area contributed by atoms with Gasteiger partial charge in [0.05, 0.1) is 0 Å². The first-order chi connectivity index (χ1) is 9.08. The molecule has 0 aliphatic carbocycles. The Balaban J connectivity index is 2.05. The topological polar surface area (TPSA) is 12.0 Å². The Hall–Kier alpha value is -0.640. The smallest absolute Gasteiger partial charge is 0.0306 e. The second-order valence-electron chi connectivity index (χ2n) is 4.69. The summed E-state index contributed by atoms with van der Waals surface area (Å²) in [5.41, 5.74) is 3.96. The molecule has 0 amide bonds. The molecule has 1 N–H and O–H groups in total. The van der Waals surface area contributed by atoms with E-state index in [1.54, 1.807) is 0 Å². The van der Waals surface area contributed by atoms with Crippen molar-refractivity contribution in [2.24, 2.45) is 0 Å². The van der Waals surface area contributed by atoms with Crippen LogP contribution in [-0.4, -0.2) is 0 Å². The minimum atomic E-state index is 0.307. The van der Waals surface area contributed by atoms with E-state index >= 15 is 0 Å². The summed E-state index contributed by atoms with van der Waals surface area (Å²) in [6.45, 7) is 5.22. The molecule has 0 aromatic heterocycles. The molecule has 2 aromatic carbocycles. The highest BCUT2D eigenvalue weighted by Crippen LogP contribution is 2.27. The van der Waals surface area contributed by atoms with Crippen LogP contribution in [0.15, 0.2) is 51.4 Å². The summed E-state index contributed by atoms with van der Waals surface area (Å²) in [6.07, 6.45) is 0. The van der Waals surface area contributed by atoms with Crippen LogP contribution in [0, 0.1) is 6.92 Å². The van der Waals surface area contributed by atoms with Gasteiger partial charge in [0.15, 0.2) is 0 Å². The average molecular weight is 383 g/mol. The highest BCUT2D eigenvalue weighted by molar-refractivity contribution is 9.11. The lowest BCUT2D eigenvalue weighted by Gasteiger charge is -2.17. The molecule has 2 rings (SSSR count). The Morgan fingerprint density at radius 2 is 1.84 bits per heavy atom. The molecule has 0 fully saturated rings. The molecule has 0 aliphatic heterocycles. The Morgan fingerprint density at radius 3 is 2.53 bits per heavy atom. The molecule has 0 spiro atoms. The monoisotopic (exact) mass is 381 g/mol. The van der Waals surface area contributed by atoms with Crippen LogP contribution in [0.5, 0.6) is 0 Å². The van der Waals surface area contributed by atoms with E-state index in [1.165, 1.54) is 16.7 Å². The largest absolute Gasteiger partial charge is 0.306 e. The van der Waals surface area contributed by atoms with Gasteiger partial charge in [0.25, 0.3) is 0 Å². The molecule has 1 unspecified atom stereocenters. The normalized spacial score (nSPS) is 12.4. The molecule has 0 heterocycles. The van der Waals surface area contributed by atoms with Crippen LogP contribution in [0.4, 0.5) is 0 Å². The standard InChI is InChI=1S/C16H17Br2N/c1-11-5-3-4-6-13(11)10-19-12(2)15-8-7-14(17)9-16(15)18/h3-9,12,19H,10H2,1-2H3. The van der Waals surface area contributed by atoms with Gasteiger partial charge in [0, 0.05) is 21.5 Å². The zero-order valence-electron chi connectivity index (χ0n) is 11.1. The van der Waals surface area contributed by atoms with E-state index in [4.69, 9.17) is 0 Å². The number of aryl methyl sites for hydroxylation is 1. The lowest BCUT2D eigenvalue weighted by molar-refractivity contribution is 0.571. The molecule has 3 heteroatoms. The maximum Gasteiger partial charge on any atom is 0.0306 e. The maximum absolute atomic E-state index is 3.62. The molecule has 19 heavy (non-hydrogen) atoms. The second kappa shape index (κ2) is 6.69. The zero-order valence-corrected chi connectivity index (χ0v) is 14.3. The number of benzene rings is 2. The van der Waals surface area contributed by atoms with Crippen molar-refractivity contribution in [3.05, 3.63) is 68.1 Å². The summed E-state index contributed by atoms with van der Waals surface area (Å²) >= 11 is 7.10. The quantitative estimate of drug-likeness (QED) is 0.749. The number of rotatable bonds is 4. The second-order valence-corrected chi connectivity index (χ2v) is 6.46. The molecule has 0 bridgehead atoms. The number of halogens is 2. The fraction of sp³-hybridized carbons (Fsp3) is 0.250. The molecule has 0 saturated heterocycles. The van der Waals surface area contributed by atoms with Crippen LogP contribution in [0.2, 0.25) is 0 Å². The lowest BCUT2D eigenvalue weighted by atomic mass is 10.1. The third-order valence-corrected chi connectivity index (χ3v) is 4.47. The first kappa shape index (κ1) is 14.8. The van der Waals surface area contributed by atoms with Crippen LogP contribution in [0.25, 0.3) is 0 Å². The van der Waals surface area contributed by atoms with Crippen LogP contribution >= 0.6 is 31.9 Å². The molecule has 100 valence electrons. The minimum absolute atomic E-state index is 0.307. The van der Waals surface area contributed by atoms with Crippen molar-refractivity contribution in [1.29, 1.82) is 0 Å². The van der Waals surface area contributed by atoms with Crippen molar-refractivity contribution in [1.82, 2.24) is 5.32 Å². The van der Waals surface area contributed by atoms with Gasteiger partial charge in [-0.05, 0) is 42.7 Å². The molecule has 1 nitrogen and oxygen atoms in total. The predicted octanol–water partition coefficient (Wildman–Crippen LogP) is 5.37. The van der Waals surface area contributed by atoms with E-state index in [-0.39, 0.29) is 0 Å². The van der Waals surface area contributed by atoms with Gasteiger partial charge in [-0.25, -0.2) is 0 Å². The molecule has 0 saturated carbocycles. The van der Waals surface area contributed by atoms with Crippen molar-refractivity contribution >= 4 is 31.9 Å². The highest BCUT2D eigenvalue weighted by atomic mass is 79.9. The molecule has 0 radical (unpaired) electrons. The first-order valence-electron chi connectivity index (χ1n) is 6.31. The van der Waals surface area contributed by atoms with Gasteiger partial charge in [0.2, 0.25) is 0 Å². The summed E-state index contributed by atoms with van der Waals surface area (Å²) in [7, 11) is 0. The Labute approximate surface area is 131 Å². The van der Waals surface area contributed by atoms with Gasteiger partial charge in [-0.3, -0.25) is 0 Å². The highest BCUT2D eigenvalue weighted by Gasteiger charge is 2.09. The summed E-state index contributed by atoms with van der Waals surface area (Å²) in [5, 5.41) is 3.57. The zero-order chi connectivity index (χ0) is 13.8. The molecule has 0 aliphatic rings. The third-order valence-electron chi connectivity index (χ3n) is 3.29.